The summed E-state index contributed by atoms with van der Waals surface area (Å²) >= 11 is 12.1. The number of halogens is 2. The molecule has 0 bridgehead atoms. The van der Waals surface area contributed by atoms with Gasteiger partial charge in [0.2, 0.25) is 0 Å². The maximum atomic E-state index is 6.07. The van der Waals surface area contributed by atoms with E-state index in [0.29, 0.717) is 23.1 Å². The van der Waals surface area contributed by atoms with Crippen LogP contribution in [0.5, 0.6) is 0 Å². The van der Waals surface area contributed by atoms with Gasteiger partial charge in [-0.2, -0.15) is 0 Å². The number of aromatic nitrogens is 3. The Bertz CT molecular complexity index is 498. The van der Waals surface area contributed by atoms with Gasteiger partial charge in [-0.05, 0) is 7.05 Å². The molecule has 0 aliphatic carbocycles. The van der Waals surface area contributed by atoms with E-state index >= 15 is 0 Å². The molecule has 0 atom stereocenters. The molecular weight excluding hydrogens is 271 g/mol. The van der Waals surface area contributed by atoms with Crippen molar-refractivity contribution in [3.8, 4) is 0 Å². The molecule has 0 aromatic carbocycles. The Morgan fingerprint density at radius 1 is 1.00 bits per heavy atom. The van der Waals surface area contributed by atoms with Crippen molar-refractivity contribution in [3.05, 3.63) is 52.3 Å². The van der Waals surface area contributed by atoms with Crippen molar-refractivity contribution in [1.82, 2.24) is 19.9 Å². The number of nitrogens with zero attached hydrogens (tertiary/aromatic N) is 4. The summed E-state index contributed by atoms with van der Waals surface area (Å²) in [6, 6.07) is 0. The first-order valence-electron chi connectivity index (χ1n) is 5.38. The lowest BCUT2D eigenvalue weighted by Gasteiger charge is -2.17. The molecule has 2 aromatic rings. The molecule has 0 radical (unpaired) electrons. The summed E-state index contributed by atoms with van der Waals surface area (Å²) in [6.07, 6.45) is 8.26. The van der Waals surface area contributed by atoms with E-state index in [2.05, 4.69) is 19.9 Å². The zero-order valence-corrected chi connectivity index (χ0v) is 11.4. The Kier molecular flexibility index (Phi) is 4.47. The van der Waals surface area contributed by atoms with Crippen LogP contribution in [0.1, 0.15) is 11.3 Å². The lowest BCUT2D eigenvalue weighted by molar-refractivity contribution is 0.314. The van der Waals surface area contributed by atoms with E-state index in [1.807, 2.05) is 7.05 Å². The van der Waals surface area contributed by atoms with Crippen LogP contribution >= 0.6 is 23.2 Å². The largest absolute Gasteiger partial charge is 0.296 e. The summed E-state index contributed by atoms with van der Waals surface area (Å²) in [4.78, 5) is 14.2. The van der Waals surface area contributed by atoms with Crippen LogP contribution in [0.25, 0.3) is 0 Å². The van der Waals surface area contributed by atoms with Crippen LogP contribution in [0, 0.1) is 0 Å². The predicted molar refractivity (Wildman–Crippen MR) is 71.5 cm³/mol. The van der Waals surface area contributed by atoms with Gasteiger partial charge in [-0.3, -0.25) is 19.9 Å². The molecule has 0 spiro atoms. The molecule has 0 N–H and O–H groups in total. The first kappa shape index (κ1) is 13.2. The first-order valence-corrected chi connectivity index (χ1v) is 6.13. The van der Waals surface area contributed by atoms with E-state index in [0.717, 1.165) is 11.3 Å². The summed E-state index contributed by atoms with van der Waals surface area (Å²) in [6.45, 7) is 1.32. The van der Waals surface area contributed by atoms with Crippen molar-refractivity contribution in [1.29, 1.82) is 0 Å². The Hall–Kier alpha value is -1.23. The van der Waals surface area contributed by atoms with Crippen molar-refractivity contribution < 1.29 is 0 Å². The van der Waals surface area contributed by atoms with E-state index in [1.165, 1.54) is 0 Å². The third kappa shape index (κ3) is 3.38. The van der Waals surface area contributed by atoms with E-state index in [4.69, 9.17) is 23.2 Å². The minimum atomic E-state index is 0.577. The first-order chi connectivity index (χ1) is 8.66. The number of pyridine rings is 1. The summed E-state index contributed by atoms with van der Waals surface area (Å²) < 4.78 is 0. The Labute approximate surface area is 116 Å². The average Bonchev–Trinajstić information content (AvgIpc) is 2.35. The smallest absolute Gasteiger partial charge is 0.0726 e. The van der Waals surface area contributed by atoms with Crippen molar-refractivity contribution in [2.45, 2.75) is 13.1 Å². The highest BCUT2D eigenvalue weighted by Gasteiger charge is 2.09. The highest BCUT2D eigenvalue weighted by atomic mass is 35.5. The van der Waals surface area contributed by atoms with Gasteiger partial charge in [-0.15, -0.1) is 0 Å². The van der Waals surface area contributed by atoms with Gasteiger partial charge in [0.05, 0.1) is 15.7 Å². The quantitative estimate of drug-likeness (QED) is 0.865. The fraction of sp³-hybridized carbons (Fsp3) is 0.250. The number of hydrogen-bond acceptors (Lipinski definition) is 4. The van der Waals surface area contributed by atoms with Gasteiger partial charge >= 0.3 is 0 Å². The molecule has 6 heteroatoms. The molecule has 2 aromatic heterocycles. The van der Waals surface area contributed by atoms with Gasteiger partial charge in [0.15, 0.2) is 0 Å². The highest BCUT2D eigenvalue weighted by molar-refractivity contribution is 6.35. The number of rotatable bonds is 4. The lowest BCUT2D eigenvalue weighted by Crippen LogP contribution is -2.18. The predicted octanol–water partition coefficient (Wildman–Crippen LogP) is 2.81. The maximum Gasteiger partial charge on any atom is 0.0726 e. The van der Waals surface area contributed by atoms with Crippen LogP contribution in [0.15, 0.2) is 31.0 Å². The topological polar surface area (TPSA) is 41.9 Å². The monoisotopic (exact) mass is 282 g/mol. The molecular formula is C12H12Cl2N4. The Morgan fingerprint density at radius 2 is 1.72 bits per heavy atom. The zero-order chi connectivity index (χ0) is 13.0. The van der Waals surface area contributed by atoms with Gasteiger partial charge in [-0.1, -0.05) is 23.2 Å². The lowest BCUT2D eigenvalue weighted by atomic mass is 10.2. The molecule has 18 heavy (non-hydrogen) atoms. The van der Waals surface area contributed by atoms with E-state index in [1.54, 1.807) is 31.0 Å². The van der Waals surface area contributed by atoms with Crippen molar-refractivity contribution in [2.75, 3.05) is 7.05 Å². The van der Waals surface area contributed by atoms with Gasteiger partial charge < -0.3 is 0 Å². The summed E-state index contributed by atoms with van der Waals surface area (Å²) in [5.74, 6) is 0. The molecule has 0 amide bonds. The molecule has 4 nitrogen and oxygen atoms in total. The third-order valence-corrected chi connectivity index (χ3v) is 3.08. The summed E-state index contributed by atoms with van der Waals surface area (Å²) in [7, 11) is 1.97. The van der Waals surface area contributed by atoms with E-state index < -0.39 is 0 Å². The van der Waals surface area contributed by atoms with E-state index in [9.17, 15) is 0 Å². The van der Waals surface area contributed by atoms with Crippen molar-refractivity contribution >= 4 is 23.2 Å². The van der Waals surface area contributed by atoms with Crippen molar-refractivity contribution in [2.24, 2.45) is 0 Å². The standard InChI is InChI=1S/C12H12Cl2N4/c1-18(7-9-4-15-2-3-17-9)8-10-11(13)5-16-6-12(10)14/h2-6H,7-8H2,1H3. The molecule has 0 unspecified atom stereocenters. The molecule has 94 valence electrons. The van der Waals surface area contributed by atoms with Crippen LogP contribution in [-0.2, 0) is 13.1 Å². The van der Waals surface area contributed by atoms with Gasteiger partial charge in [0.25, 0.3) is 0 Å². The summed E-state index contributed by atoms with van der Waals surface area (Å²) in [5, 5.41) is 1.15. The maximum absolute atomic E-state index is 6.07. The van der Waals surface area contributed by atoms with Crippen LogP contribution in [0.2, 0.25) is 10.0 Å². The molecule has 0 fully saturated rings. The van der Waals surface area contributed by atoms with E-state index in [-0.39, 0.29) is 0 Å². The third-order valence-electron chi connectivity index (χ3n) is 2.43. The molecule has 2 heterocycles. The van der Waals surface area contributed by atoms with Gasteiger partial charge in [-0.25, -0.2) is 0 Å². The summed E-state index contributed by atoms with van der Waals surface area (Å²) in [5.41, 5.74) is 1.78. The molecule has 0 aliphatic rings. The van der Waals surface area contributed by atoms with Crippen LogP contribution in [-0.4, -0.2) is 26.9 Å². The van der Waals surface area contributed by atoms with Crippen molar-refractivity contribution in [3.63, 3.8) is 0 Å². The Balaban J connectivity index is 2.06. The van der Waals surface area contributed by atoms with Crippen LogP contribution in [0.3, 0.4) is 0 Å². The van der Waals surface area contributed by atoms with Gasteiger partial charge in [0.1, 0.15) is 0 Å². The molecule has 2 rings (SSSR count). The molecule has 0 aliphatic heterocycles. The second-order valence-electron chi connectivity index (χ2n) is 3.95. The Morgan fingerprint density at radius 3 is 2.33 bits per heavy atom. The van der Waals surface area contributed by atoms with Gasteiger partial charge in [0, 0.05) is 49.6 Å². The minimum absolute atomic E-state index is 0.577. The molecule has 0 saturated carbocycles. The minimum Gasteiger partial charge on any atom is -0.296 e. The number of hydrogen-bond donors (Lipinski definition) is 0. The zero-order valence-electron chi connectivity index (χ0n) is 9.85. The fourth-order valence-corrected chi connectivity index (χ4v) is 2.09. The second kappa shape index (κ2) is 6.09. The molecule has 0 saturated heterocycles. The fourth-order valence-electron chi connectivity index (χ4n) is 1.60. The normalized spacial score (nSPS) is 10.9. The van der Waals surface area contributed by atoms with Crippen LogP contribution in [0.4, 0.5) is 0 Å². The average molecular weight is 283 g/mol. The highest BCUT2D eigenvalue weighted by Crippen LogP contribution is 2.24. The van der Waals surface area contributed by atoms with Crippen LogP contribution < -0.4 is 0 Å². The SMILES string of the molecule is CN(Cc1cnccn1)Cc1c(Cl)cncc1Cl. The second-order valence-corrected chi connectivity index (χ2v) is 4.77.